The highest BCUT2D eigenvalue weighted by molar-refractivity contribution is 5.28. The van der Waals surface area contributed by atoms with Crippen LogP contribution in [0.2, 0.25) is 0 Å². The van der Waals surface area contributed by atoms with Gasteiger partial charge in [-0.05, 0) is 12.5 Å². The van der Waals surface area contributed by atoms with Gasteiger partial charge in [0.15, 0.2) is 0 Å². The van der Waals surface area contributed by atoms with Crippen LogP contribution >= 0.6 is 0 Å². The number of rotatable bonds is 2. The Morgan fingerprint density at radius 1 is 1.46 bits per heavy atom. The van der Waals surface area contributed by atoms with Crippen molar-refractivity contribution in [2.45, 2.75) is 18.9 Å². The number of hydrogen-bond acceptors (Lipinski definition) is 1. The summed E-state index contributed by atoms with van der Waals surface area (Å²) >= 11 is 0. The lowest BCUT2D eigenvalue weighted by molar-refractivity contribution is 0.293. The molecule has 0 amide bonds. The van der Waals surface area contributed by atoms with Crippen molar-refractivity contribution in [3.05, 3.63) is 35.4 Å². The number of benzene rings is 1. The van der Waals surface area contributed by atoms with Gasteiger partial charge in [-0.25, -0.2) is 8.78 Å². The largest absolute Gasteiger partial charge is 0.364 e. The second-order valence-corrected chi connectivity index (χ2v) is 3.26. The van der Waals surface area contributed by atoms with E-state index in [1.165, 1.54) is 12.1 Å². The summed E-state index contributed by atoms with van der Waals surface area (Å²) in [6.45, 7) is 2.46. The van der Waals surface area contributed by atoms with Crippen molar-refractivity contribution in [3.63, 3.8) is 0 Å². The molecule has 0 unspecified atom stereocenters. The van der Waals surface area contributed by atoms with Crippen LogP contribution in [0.5, 0.6) is 0 Å². The van der Waals surface area contributed by atoms with E-state index < -0.39 is 17.2 Å². The van der Waals surface area contributed by atoms with E-state index >= 15 is 0 Å². The molecule has 0 radical (unpaired) electrons. The maximum absolute atomic E-state index is 13.3. The molecule has 0 bridgehead atoms. The fraction of sp³-hybridized carbons (Fsp3) is 0.400. The predicted molar refractivity (Wildman–Crippen MR) is 44.3 cm³/mol. The highest BCUT2D eigenvalue weighted by atomic mass is 19.1. The van der Waals surface area contributed by atoms with Gasteiger partial charge in [-0.1, -0.05) is 13.0 Å². The summed E-state index contributed by atoms with van der Waals surface area (Å²) in [4.78, 5) is 0. The van der Waals surface area contributed by atoms with Crippen LogP contribution in [0.1, 0.15) is 18.9 Å². The summed E-state index contributed by atoms with van der Waals surface area (Å²) < 4.78 is 31.0. The number of hydrogen-bond donors (Lipinski definition) is 0. The van der Waals surface area contributed by atoms with E-state index in [4.69, 9.17) is 4.74 Å². The van der Waals surface area contributed by atoms with Gasteiger partial charge in [0.2, 0.25) is 0 Å². The van der Waals surface area contributed by atoms with Gasteiger partial charge in [0.05, 0.1) is 6.61 Å². The number of halogens is 2. The van der Waals surface area contributed by atoms with Gasteiger partial charge in [-0.15, -0.1) is 0 Å². The van der Waals surface area contributed by atoms with E-state index in [9.17, 15) is 8.78 Å². The Kier molecular flexibility index (Phi) is 1.84. The van der Waals surface area contributed by atoms with Gasteiger partial charge in [0.25, 0.3) is 0 Å². The molecular weight excluding hydrogens is 174 g/mol. The van der Waals surface area contributed by atoms with Crippen molar-refractivity contribution >= 4 is 0 Å². The van der Waals surface area contributed by atoms with Gasteiger partial charge in [0, 0.05) is 11.6 Å². The van der Waals surface area contributed by atoms with Crippen molar-refractivity contribution in [1.29, 1.82) is 0 Å². The van der Waals surface area contributed by atoms with Crippen molar-refractivity contribution in [3.8, 4) is 0 Å². The van der Waals surface area contributed by atoms with Crippen molar-refractivity contribution in [1.82, 2.24) is 0 Å². The minimum atomic E-state index is -0.548. The molecule has 3 heteroatoms. The van der Waals surface area contributed by atoms with E-state index in [0.717, 1.165) is 12.5 Å². The second-order valence-electron chi connectivity index (χ2n) is 3.26. The maximum Gasteiger partial charge on any atom is 0.132 e. The summed E-state index contributed by atoms with van der Waals surface area (Å²) in [5.74, 6) is -1.06. The first-order valence-corrected chi connectivity index (χ1v) is 4.27. The summed E-state index contributed by atoms with van der Waals surface area (Å²) in [6, 6.07) is 3.62. The molecule has 1 aliphatic rings. The van der Waals surface area contributed by atoms with Crippen LogP contribution in [0.3, 0.4) is 0 Å². The third-order valence-electron chi connectivity index (χ3n) is 2.49. The monoisotopic (exact) mass is 184 g/mol. The van der Waals surface area contributed by atoms with E-state index in [1.807, 2.05) is 6.92 Å². The molecule has 70 valence electrons. The van der Waals surface area contributed by atoms with E-state index in [-0.39, 0.29) is 0 Å². The van der Waals surface area contributed by atoms with Crippen molar-refractivity contribution in [2.24, 2.45) is 0 Å². The van der Waals surface area contributed by atoms with Crippen LogP contribution in [0.4, 0.5) is 8.78 Å². The summed E-state index contributed by atoms with van der Waals surface area (Å²) in [7, 11) is 0. The zero-order valence-corrected chi connectivity index (χ0v) is 7.31. The van der Waals surface area contributed by atoms with Crippen LogP contribution in [-0.4, -0.2) is 6.61 Å². The number of epoxide rings is 1. The predicted octanol–water partition coefficient (Wildman–Crippen LogP) is 2.60. The van der Waals surface area contributed by atoms with Crippen LogP contribution in [0.25, 0.3) is 0 Å². The zero-order chi connectivity index (χ0) is 9.47. The van der Waals surface area contributed by atoms with Crippen molar-refractivity contribution in [2.75, 3.05) is 6.61 Å². The molecule has 1 aliphatic heterocycles. The molecule has 1 heterocycles. The standard InChI is InChI=1S/C10H10F2O/c1-2-10(6-13-10)8-4-3-7(11)5-9(8)12/h3-5H,2,6H2,1H3/t10-/m0/s1. The van der Waals surface area contributed by atoms with Gasteiger partial charge >= 0.3 is 0 Å². The topological polar surface area (TPSA) is 12.5 Å². The van der Waals surface area contributed by atoms with Gasteiger partial charge in [0.1, 0.15) is 17.2 Å². The highest BCUT2D eigenvalue weighted by Crippen LogP contribution is 2.42. The molecule has 2 rings (SSSR count). The Hall–Kier alpha value is -0.960. The molecular formula is C10H10F2O. The molecule has 1 atom stereocenters. The molecule has 13 heavy (non-hydrogen) atoms. The molecule has 0 spiro atoms. The molecule has 1 fully saturated rings. The first kappa shape index (κ1) is 8.63. The summed E-state index contributed by atoms with van der Waals surface area (Å²) in [6.07, 6.45) is 0.718. The highest BCUT2D eigenvalue weighted by Gasteiger charge is 2.46. The lowest BCUT2D eigenvalue weighted by atomic mass is 9.97. The molecule has 0 aromatic heterocycles. The van der Waals surface area contributed by atoms with Gasteiger partial charge in [-0.2, -0.15) is 0 Å². The molecule has 1 nitrogen and oxygen atoms in total. The molecule has 0 saturated carbocycles. The van der Waals surface area contributed by atoms with E-state index in [1.54, 1.807) is 0 Å². The Bertz CT molecular complexity index is 332. The van der Waals surface area contributed by atoms with Crippen LogP contribution < -0.4 is 0 Å². The van der Waals surface area contributed by atoms with E-state index in [0.29, 0.717) is 12.2 Å². The van der Waals surface area contributed by atoms with Crippen LogP contribution in [0.15, 0.2) is 18.2 Å². The van der Waals surface area contributed by atoms with Crippen LogP contribution in [0, 0.1) is 11.6 Å². The average Bonchev–Trinajstić information content (AvgIpc) is 2.85. The fourth-order valence-corrected chi connectivity index (χ4v) is 1.50. The zero-order valence-electron chi connectivity index (χ0n) is 7.31. The molecule has 1 aromatic carbocycles. The maximum atomic E-state index is 13.3. The molecule has 0 aliphatic carbocycles. The third kappa shape index (κ3) is 1.33. The van der Waals surface area contributed by atoms with Gasteiger partial charge in [-0.3, -0.25) is 0 Å². The molecule has 0 N–H and O–H groups in total. The SMILES string of the molecule is CC[C@@]1(c2ccc(F)cc2F)CO1. The fourth-order valence-electron chi connectivity index (χ4n) is 1.50. The Morgan fingerprint density at radius 3 is 2.62 bits per heavy atom. The molecule has 1 saturated heterocycles. The molecule has 1 aromatic rings. The smallest absolute Gasteiger partial charge is 0.132 e. The first-order valence-electron chi connectivity index (χ1n) is 4.27. The van der Waals surface area contributed by atoms with Crippen molar-refractivity contribution < 1.29 is 13.5 Å². The number of ether oxygens (including phenoxy) is 1. The summed E-state index contributed by atoms with van der Waals surface area (Å²) in [5.41, 5.74) is -0.00553. The second kappa shape index (κ2) is 2.77. The normalized spacial score (nSPS) is 26.1. The van der Waals surface area contributed by atoms with Crippen LogP contribution in [-0.2, 0) is 10.3 Å². The Morgan fingerprint density at radius 2 is 2.15 bits per heavy atom. The third-order valence-corrected chi connectivity index (χ3v) is 2.49. The van der Waals surface area contributed by atoms with E-state index in [2.05, 4.69) is 0 Å². The lowest BCUT2D eigenvalue weighted by Crippen LogP contribution is -2.09. The minimum Gasteiger partial charge on any atom is -0.364 e. The quantitative estimate of drug-likeness (QED) is 0.643. The lowest BCUT2D eigenvalue weighted by Gasteiger charge is -2.09. The Labute approximate surface area is 75.3 Å². The Balaban J connectivity index is 2.41. The summed E-state index contributed by atoms with van der Waals surface area (Å²) in [5, 5.41) is 0. The first-order chi connectivity index (χ1) is 6.18. The average molecular weight is 184 g/mol. The van der Waals surface area contributed by atoms with Gasteiger partial charge < -0.3 is 4.74 Å². The minimum absolute atomic E-state index is 0.469.